The number of carboxylic acid groups (broad SMARTS) is 1. The van der Waals surface area contributed by atoms with E-state index in [2.05, 4.69) is 0 Å². The van der Waals surface area contributed by atoms with Crippen LogP contribution in [0.25, 0.3) is 0 Å². The van der Waals surface area contributed by atoms with Crippen LogP contribution in [0.4, 0.5) is 0 Å². The fraction of sp³-hybridized carbons (Fsp3) is 0.480. The van der Waals surface area contributed by atoms with Gasteiger partial charge in [0.15, 0.2) is 29.1 Å². The van der Waals surface area contributed by atoms with Crippen LogP contribution in [0.3, 0.4) is 0 Å². The van der Waals surface area contributed by atoms with E-state index in [-0.39, 0.29) is 34.8 Å². The van der Waals surface area contributed by atoms with Crippen molar-refractivity contribution in [1.82, 2.24) is 0 Å². The molecule has 6 N–H and O–H groups in total. The number of benzene rings is 2. The van der Waals surface area contributed by atoms with E-state index in [4.69, 9.17) is 13.7 Å². The zero-order valence-electron chi connectivity index (χ0n) is 21.0. The molecule has 7 atom stereocenters. The number of ether oxygens (including phenoxy) is 2. The summed E-state index contributed by atoms with van der Waals surface area (Å²) < 4.78 is 38.3. The average Bonchev–Trinajstić information content (AvgIpc) is 2.82. The van der Waals surface area contributed by atoms with Gasteiger partial charge in [-0.25, -0.2) is 4.79 Å². The second kappa shape index (κ2) is 11.7. The Kier molecular flexibility index (Phi) is 9.10. The second-order valence-electron chi connectivity index (χ2n) is 9.61. The molecule has 1 heterocycles. The monoisotopic (exact) mass is 556 g/mol. The fourth-order valence-electron chi connectivity index (χ4n) is 4.12. The average molecular weight is 557 g/mol. The highest BCUT2D eigenvalue weighted by atomic mass is 32.2. The normalized spacial score (nSPS) is 25.4. The number of aliphatic hydroxyl groups is 3. The summed E-state index contributed by atoms with van der Waals surface area (Å²) >= 11 is 0. The molecule has 1 aliphatic rings. The molecule has 0 aliphatic carbocycles. The molecule has 13 heteroatoms. The van der Waals surface area contributed by atoms with Crippen LogP contribution in [0.5, 0.6) is 23.0 Å². The number of aromatic hydroxyl groups is 2. The quantitative estimate of drug-likeness (QED) is 0.225. The van der Waals surface area contributed by atoms with Crippen molar-refractivity contribution in [3.8, 4) is 23.0 Å². The second-order valence-corrected chi connectivity index (χ2v) is 11.2. The first-order valence-corrected chi connectivity index (χ1v) is 13.6. The highest BCUT2D eigenvalue weighted by Crippen LogP contribution is 2.34. The van der Waals surface area contributed by atoms with E-state index < -0.39 is 46.8 Å². The van der Waals surface area contributed by atoms with E-state index in [0.29, 0.717) is 12.8 Å². The van der Waals surface area contributed by atoms with Crippen LogP contribution in [0, 0.1) is 11.8 Å². The number of phenolic OH excluding ortho intramolecular Hbond substituents is 2. The molecule has 0 spiro atoms. The van der Waals surface area contributed by atoms with E-state index in [9.17, 15) is 43.9 Å². The molecule has 0 amide bonds. The minimum Gasteiger partial charge on any atom is -0.504 e. The van der Waals surface area contributed by atoms with Gasteiger partial charge in [0, 0.05) is 0 Å². The van der Waals surface area contributed by atoms with Crippen LogP contribution in [-0.4, -0.2) is 82.0 Å². The fourth-order valence-corrected chi connectivity index (χ4v) is 4.58. The molecular weight excluding hydrogens is 524 g/mol. The Bertz CT molecular complexity index is 1250. The van der Waals surface area contributed by atoms with Gasteiger partial charge in [-0.15, -0.1) is 0 Å². The maximum Gasteiger partial charge on any atom is 0.335 e. The smallest absolute Gasteiger partial charge is 0.335 e. The van der Waals surface area contributed by atoms with E-state index in [0.717, 1.165) is 17.4 Å². The summed E-state index contributed by atoms with van der Waals surface area (Å²) in [5, 5.41) is 59.3. The number of carboxylic acids is 1. The van der Waals surface area contributed by atoms with Crippen LogP contribution >= 0.6 is 0 Å². The van der Waals surface area contributed by atoms with Crippen LogP contribution in [0.2, 0.25) is 0 Å². The molecule has 0 saturated carbocycles. The molecule has 210 valence electrons. The van der Waals surface area contributed by atoms with Gasteiger partial charge in [0.25, 0.3) is 0 Å². The Labute approximate surface area is 219 Å². The lowest BCUT2D eigenvalue weighted by Gasteiger charge is -2.38. The first-order chi connectivity index (χ1) is 17.7. The molecule has 0 aromatic heterocycles. The third kappa shape index (κ3) is 7.26. The lowest BCUT2D eigenvalue weighted by Crippen LogP contribution is -2.61. The lowest BCUT2D eigenvalue weighted by atomic mass is 9.85. The predicted octanol–water partition coefficient (Wildman–Crippen LogP) is 0.765. The number of phenols is 2. The third-order valence-electron chi connectivity index (χ3n) is 6.43. The molecule has 0 unspecified atom stereocenters. The Morgan fingerprint density at radius 2 is 1.39 bits per heavy atom. The first kappa shape index (κ1) is 29.5. The van der Waals surface area contributed by atoms with Gasteiger partial charge in [-0.05, 0) is 60.1 Å². The minimum absolute atomic E-state index is 0.0744. The maximum atomic E-state index is 11.4. The number of aliphatic hydroxyl groups excluding tert-OH is 3. The van der Waals surface area contributed by atoms with Crippen LogP contribution in [0.15, 0.2) is 36.4 Å². The molecule has 2 aromatic carbocycles. The molecule has 12 nitrogen and oxygen atoms in total. The van der Waals surface area contributed by atoms with Gasteiger partial charge in [0.2, 0.25) is 6.29 Å². The van der Waals surface area contributed by atoms with Gasteiger partial charge in [-0.2, -0.15) is 8.42 Å². The van der Waals surface area contributed by atoms with Crippen LogP contribution < -0.4 is 8.92 Å². The largest absolute Gasteiger partial charge is 0.504 e. The highest BCUT2D eigenvalue weighted by molar-refractivity contribution is 7.86. The van der Waals surface area contributed by atoms with E-state index in [1.54, 1.807) is 12.1 Å². The van der Waals surface area contributed by atoms with Gasteiger partial charge in [0.1, 0.15) is 18.3 Å². The van der Waals surface area contributed by atoms with Crippen molar-refractivity contribution in [3.63, 3.8) is 0 Å². The van der Waals surface area contributed by atoms with Crippen LogP contribution in [-0.2, 0) is 32.5 Å². The molecular formula is C25H32O12S. The number of hydrogen-bond acceptors (Lipinski definition) is 11. The van der Waals surface area contributed by atoms with Crippen molar-refractivity contribution >= 4 is 16.1 Å². The zero-order chi connectivity index (χ0) is 28.4. The summed E-state index contributed by atoms with van der Waals surface area (Å²) in [6.07, 6.45) is -7.03. The standard InChI is InChI=1S/C25H32O12S/c1-12(13(2)9-15-5-7-17(27)19(11-15)37-38(3,33)34)8-14-4-6-16(26)18(10-14)35-25-22(30)20(28)21(29)23(36-25)24(31)32/h4-7,10-13,20-23,25-30H,8-9H2,1-3H3,(H,31,32)/t12-,13+,20+,21+,22-,23+,25-/m1/s1. The Balaban J connectivity index is 1.69. The summed E-state index contributed by atoms with van der Waals surface area (Å²) in [5.74, 6) is -2.26. The van der Waals surface area contributed by atoms with E-state index in [1.165, 1.54) is 24.3 Å². The Morgan fingerprint density at radius 3 is 1.89 bits per heavy atom. The zero-order valence-corrected chi connectivity index (χ0v) is 21.8. The number of carbonyl (C=O) groups is 1. The number of aliphatic carboxylic acids is 1. The summed E-state index contributed by atoms with van der Waals surface area (Å²) in [4.78, 5) is 11.3. The topological polar surface area (TPSA) is 200 Å². The SMILES string of the molecule is C[C@H](Cc1ccc(O)c(O[C@@H]2O[C@H](C(=O)O)[C@@H](O)[C@H](O)[C@H]2O)c1)[C@@H](C)Cc1ccc(O)c(OS(C)(=O)=O)c1. The molecule has 1 aliphatic heterocycles. The van der Waals surface area contributed by atoms with Crippen molar-refractivity contribution in [2.24, 2.45) is 11.8 Å². The molecule has 1 saturated heterocycles. The van der Waals surface area contributed by atoms with Gasteiger partial charge >= 0.3 is 16.1 Å². The molecule has 2 aromatic rings. The molecule has 3 rings (SSSR count). The Hall–Kier alpha value is -3.10. The van der Waals surface area contributed by atoms with Crippen molar-refractivity contribution < 1.29 is 57.5 Å². The Morgan fingerprint density at radius 1 is 0.895 bits per heavy atom. The van der Waals surface area contributed by atoms with Gasteiger partial charge in [-0.1, -0.05) is 26.0 Å². The highest BCUT2D eigenvalue weighted by Gasteiger charge is 2.48. The molecule has 0 bridgehead atoms. The predicted molar refractivity (Wildman–Crippen MR) is 132 cm³/mol. The van der Waals surface area contributed by atoms with Crippen molar-refractivity contribution in [2.45, 2.75) is 57.4 Å². The lowest BCUT2D eigenvalue weighted by molar-refractivity contribution is -0.271. The van der Waals surface area contributed by atoms with Crippen molar-refractivity contribution in [2.75, 3.05) is 6.26 Å². The summed E-state index contributed by atoms with van der Waals surface area (Å²) in [6, 6.07) is 9.04. The van der Waals surface area contributed by atoms with Gasteiger partial charge < -0.3 is 44.3 Å². The summed E-state index contributed by atoms with van der Waals surface area (Å²) in [7, 11) is -3.81. The molecule has 0 radical (unpaired) electrons. The first-order valence-electron chi connectivity index (χ1n) is 11.8. The summed E-state index contributed by atoms with van der Waals surface area (Å²) in [6.45, 7) is 3.99. The molecule has 1 fully saturated rings. The van der Waals surface area contributed by atoms with E-state index in [1.807, 2.05) is 13.8 Å². The third-order valence-corrected chi connectivity index (χ3v) is 6.91. The minimum atomic E-state index is -3.81. The van der Waals surface area contributed by atoms with Crippen molar-refractivity contribution in [1.29, 1.82) is 0 Å². The van der Waals surface area contributed by atoms with Crippen LogP contribution in [0.1, 0.15) is 25.0 Å². The van der Waals surface area contributed by atoms with Gasteiger partial charge in [-0.3, -0.25) is 0 Å². The van der Waals surface area contributed by atoms with Crippen molar-refractivity contribution in [3.05, 3.63) is 47.5 Å². The maximum absolute atomic E-state index is 11.4. The molecule has 38 heavy (non-hydrogen) atoms. The number of hydrogen-bond donors (Lipinski definition) is 6. The number of rotatable bonds is 10. The van der Waals surface area contributed by atoms with E-state index >= 15 is 0 Å². The summed E-state index contributed by atoms with van der Waals surface area (Å²) in [5.41, 5.74) is 1.50. The van der Waals surface area contributed by atoms with Gasteiger partial charge in [0.05, 0.1) is 6.26 Å².